The van der Waals surface area contributed by atoms with Gasteiger partial charge in [0.15, 0.2) is 5.82 Å². The predicted molar refractivity (Wildman–Crippen MR) is 91.6 cm³/mol. The Morgan fingerprint density at radius 3 is 2.75 bits per heavy atom. The average molecular weight is 345 g/mol. The highest BCUT2D eigenvalue weighted by atomic mass is 32.2. The number of nitrogens with one attached hydrogen (secondary N) is 2. The van der Waals surface area contributed by atoms with Crippen LogP contribution in [0, 0.1) is 0 Å². The van der Waals surface area contributed by atoms with Gasteiger partial charge in [0.25, 0.3) is 0 Å². The topological polar surface area (TPSA) is 91.0 Å². The van der Waals surface area contributed by atoms with Gasteiger partial charge in [0.1, 0.15) is 0 Å². The first-order chi connectivity index (χ1) is 11.6. The van der Waals surface area contributed by atoms with Gasteiger partial charge < -0.3 is 5.32 Å². The predicted octanol–water partition coefficient (Wildman–Crippen LogP) is 2.07. The quantitative estimate of drug-likeness (QED) is 0.810. The third-order valence-corrected chi connectivity index (χ3v) is 4.80. The lowest BCUT2D eigenvalue weighted by atomic mass is 10.1. The van der Waals surface area contributed by atoms with Crippen LogP contribution in [0.1, 0.15) is 19.4 Å². The fraction of sp³-hybridized carbons (Fsp3) is 0.375. The molecule has 1 atom stereocenters. The van der Waals surface area contributed by atoms with Crippen LogP contribution in [0.2, 0.25) is 0 Å². The lowest BCUT2D eigenvalue weighted by molar-refractivity contribution is -0.126. The minimum absolute atomic E-state index is 0.228. The molecule has 2 heterocycles. The number of urea groups is 1. The SMILES string of the molecule is CCc1ccc(-c2nc(S[C@H](C)C(=O)N3CCNC3=O)n[nH]2)cc1. The molecule has 3 rings (SSSR count). The van der Waals surface area contributed by atoms with E-state index < -0.39 is 5.25 Å². The Bertz CT molecular complexity index is 743. The summed E-state index contributed by atoms with van der Waals surface area (Å²) in [6, 6.07) is 7.78. The van der Waals surface area contributed by atoms with E-state index in [0.29, 0.717) is 24.1 Å². The van der Waals surface area contributed by atoms with E-state index in [0.717, 1.165) is 12.0 Å². The lowest BCUT2D eigenvalue weighted by Crippen LogP contribution is -2.38. The van der Waals surface area contributed by atoms with Crippen molar-refractivity contribution in [1.82, 2.24) is 25.4 Å². The van der Waals surface area contributed by atoms with E-state index >= 15 is 0 Å². The van der Waals surface area contributed by atoms with E-state index in [-0.39, 0.29) is 11.9 Å². The number of benzene rings is 1. The van der Waals surface area contributed by atoms with E-state index in [1.165, 1.54) is 22.2 Å². The van der Waals surface area contributed by atoms with E-state index in [1.54, 1.807) is 6.92 Å². The van der Waals surface area contributed by atoms with Gasteiger partial charge in [-0.3, -0.25) is 14.8 Å². The van der Waals surface area contributed by atoms with Crippen LogP contribution >= 0.6 is 11.8 Å². The molecule has 126 valence electrons. The van der Waals surface area contributed by atoms with Gasteiger partial charge in [-0.25, -0.2) is 9.78 Å². The second-order valence-corrected chi connectivity index (χ2v) is 6.81. The minimum atomic E-state index is -0.431. The molecule has 1 aromatic carbocycles. The van der Waals surface area contributed by atoms with Crippen molar-refractivity contribution in [3.05, 3.63) is 29.8 Å². The minimum Gasteiger partial charge on any atom is -0.336 e. The summed E-state index contributed by atoms with van der Waals surface area (Å²) in [6.07, 6.45) is 0.988. The van der Waals surface area contributed by atoms with E-state index in [1.807, 2.05) is 12.1 Å². The van der Waals surface area contributed by atoms with Crippen LogP contribution in [-0.4, -0.2) is 50.4 Å². The highest BCUT2D eigenvalue weighted by molar-refractivity contribution is 8.00. The number of nitrogens with zero attached hydrogens (tertiary/aromatic N) is 3. The van der Waals surface area contributed by atoms with Gasteiger partial charge in [-0.15, -0.1) is 5.10 Å². The first-order valence-corrected chi connectivity index (χ1v) is 8.74. The zero-order valence-electron chi connectivity index (χ0n) is 13.6. The van der Waals surface area contributed by atoms with Gasteiger partial charge in [0.2, 0.25) is 11.1 Å². The largest absolute Gasteiger partial charge is 0.336 e. The smallest absolute Gasteiger partial charge is 0.324 e. The van der Waals surface area contributed by atoms with Gasteiger partial charge in [0, 0.05) is 18.7 Å². The van der Waals surface area contributed by atoms with Crippen molar-refractivity contribution in [3.63, 3.8) is 0 Å². The Hall–Kier alpha value is -2.35. The van der Waals surface area contributed by atoms with Crippen molar-refractivity contribution >= 4 is 23.7 Å². The fourth-order valence-corrected chi connectivity index (χ4v) is 3.22. The maximum Gasteiger partial charge on any atom is 0.324 e. The Morgan fingerprint density at radius 2 is 2.12 bits per heavy atom. The summed E-state index contributed by atoms with van der Waals surface area (Å²) in [5.41, 5.74) is 2.21. The van der Waals surface area contributed by atoms with Crippen molar-refractivity contribution in [3.8, 4) is 11.4 Å². The van der Waals surface area contributed by atoms with Crippen molar-refractivity contribution < 1.29 is 9.59 Å². The zero-order valence-corrected chi connectivity index (χ0v) is 14.4. The molecule has 1 aromatic heterocycles. The molecule has 0 aliphatic carbocycles. The zero-order chi connectivity index (χ0) is 17.1. The standard InChI is InChI=1S/C16H19N5O2S/c1-3-11-4-6-12(7-5-11)13-18-15(20-19-13)24-10(2)14(22)21-9-8-17-16(21)23/h4-7,10H,3,8-9H2,1-2H3,(H,17,23)(H,18,19,20)/t10-/m1/s1. The average Bonchev–Trinajstić information content (AvgIpc) is 3.23. The van der Waals surface area contributed by atoms with Crippen LogP contribution < -0.4 is 5.32 Å². The molecular formula is C16H19N5O2S. The van der Waals surface area contributed by atoms with Crippen LogP contribution in [0.25, 0.3) is 11.4 Å². The van der Waals surface area contributed by atoms with Crippen molar-refractivity contribution in [1.29, 1.82) is 0 Å². The first-order valence-electron chi connectivity index (χ1n) is 7.86. The Balaban J connectivity index is 1.66. The number of amides is 3. The molecule has 3 amide bonds. The van der Waals surface area contributed by atoms with E-state index in [2.05, 4.69) is 39.6 Å². The Labute approximate surface area is 144 Å². The number of aromatic amines is 1. The number of hydrogen-bond donors (Lipinski definition) is 2. The van der Waals surface area contributed by atoms with E-state index in [4.69, 9.17) is 0 Å². The van der Waals surface area contributed by atoms with Gasteiger partial charge in [-0.05, 0) is 18.9 Å². The fourth-order valence-electron chi connectivity index (χ4n) is 2.44. The maximum absolute atomic E-state index is 12.3. The number of thioether (sulfide) groups is 1. The first kappa shape index (κ1) is 16.5. The molecule has 0 saturated carbocycles. The van der Waals surface area contributed by atoms with Crippen LogP contribution in [0.3, 0.4) is 0 Å². The molecular weight excluding hydrogens is 326 g/mol. The second-order valence-electron chi connectivity index (χ2n) is 5.50. The van der Waals surface area contributed by atoms with Gasteiger partial charge in [-0.1, -0.05) is 43.0 Å². The number of carbonyl (C=O) groups excluding carboxylic acids is 2. The molecule has 8 heteroatoms. The van der Waals surface area contributed by atoms with Gasteiger partial charge >= 0.3 is 6.03 Å². The number of hydrogen-bond acceptors (Lipinski definition) is 5. The molecule has 0 spiro atoms. The lowest BCUT2D eigenvalue weighted by Gasteiger charge is -2.15. The van der Waals surface area contributed by atoms with Gasteiger partial charge in [-0.2, -0.15) is 0 Å². The van der Waals surface area contributed by atoms with Gasteiger partial charge in [0.05, 0.1) is 5.25 Å². The number of carbonyl (C=O) groups is 2. The van der Waals surface area contributed by atoms with Crippen molar-refractivity contribution in [2.75, 3.05) is 13.1 Å². The molecule has 24 heavy (non-hydrogen) atoms. The van der Waals surface area contributed by atoms with Crippen LogP contribution in [0.5, 0.6) is 0 Å². The number of aromatic nitrogens is 3. The van der Waals surface area contributed by atoms with Crippen molar-refractivity contribution in [2.24, 2.45) is 0 Å². The molecule has 2 N–H and O–H groups in total. The number of aryl methyl sites for hydroxylation is 1. The molecule has 1 saturated heterocycles. The molecule has 7 nitrogen and oxygen atoms in total. The highest BCUT2D eigenvalue weighted by Crippen LogP contribution is 2.24. The van der Waals surface area contributed by atoms with Crippen molar-refractivity contribution in [2.45, 2.75) is 30.7 Å². The molecule has 1 aliphatic heterocycles. The van der Waals surface area contributed by atoms with Crippen LogP contribution in [0.15, 0.2) is 29.4 Å². The summed E-state index contributed by atoms with van der Waals surface area (Å²) in [4.78, 5) is 29.5. The highest BCUT2D eigenvalue weighted by Gasteiger charge is 2.30. The third-order valence-electron chi connectivity index (χ3n) is 3.85. The number of H-pyrrole nitrogens is 1. The molecule has 0 bridgehead atoms. The molecule has 0 unspecified atom stereocenters. The molecule has 0 radical (unpaired) electrons. The summed E-state index contributed by atoms with van der Waals surface area (Å²) in [7, 11) is 0. The van der Waals surface area contributed by atoms with E-state index in [9.17, 15) is 9.59 Å². The van der Waals surface area contributed by atoms with Crippen LogP contribution in [-0.2, 0) is 11.2 Å². The third kappa shape index (κ3) is 3.43. The summed E-state index contributed by atoms with van der Waals surface area (Å²) in [5.74, 6) is 0.437. The Kier molecular flexibility index (Phi) is 4.84. The monoisotopic (exact) mass is 345 g/mol. The summed E-state index contributed by atoms with van der Waals surface area (Å²) in [5, 5.41) is 9.74. The molecule has 1 aliphatic rings. The number of rotatable bonds is 5. The summed E-state index contributed by atoms with van der Waals surface area (Å²) in [6.45, 7) is 4.77. The summed E-state index contributed by atoms with van der Waals surface area (Å²) >= 11 is 1.24. The normalized spacial score (nSPS) is 15.4. The maximum atomic E-state index is 12.3. The summed E-state index contributed by atoms with van der Waals surface area (Å²) < 4.78 is 0. The second kappa shape index (κ2) is 7.04. The van der Waals surface area contributed by atoms with Crippen LogP contribution in [0.4, 0.5) is 4.79 Å². The molecule has 1 fully saturated rings. The Morgan fingerprint density at radius 1 is 1.38 bits per heavy atom. The number of imide groups is 1. The molecule has 2 aromatic rings.